The average Bonchev–Trinajstić information content (AvgIpc) is 3.01. The molecule has 0 saturated carbocycles. The van der Waals surface area contributed by atoms with Crippen molar-refractivity contribution in [3.63, 3.8) is 0 Å². The van der Waals surface area contributed by atoms with Crippen molar-refractivity contribution in [1.29, 1.82) is 0 Å². The summed E-state index contributed by atoms with van der Waals surface area (Å²) >= 11 is 0. The second kappa shape index (κ2) is 5.88. The van der Waals surface area contributed by atoms with Gasteiger partial charge in [0.05, 0.1) is 12.8 Å². The van der Waals surface area contributed by atoms with Crippen LogP contribution < -0.4 is 5.32 Å². The molecule has 1 fully saturated rings. The van der Waals surface area contributed by atoms with E-state index >= 15 is 0 Å². The van der Waals surface area contributed by atoms with Gasteiger partial charge < -0.3 is 4.42 Å². The number of furan rings is 1. The van der Waals surface area contributed by atoms with Crippen LogP contribution >= 0.6 is 0 Å². The largest absolute Gasteiger partial charge is 0.467 e. The van der Waals surface area contributed by atoms with E-state index < -0.39 is 23.7 Å². The summed E-state index contributed by atoms with van der Waals surface area (Å²) in [6.07, 6.45) is 2.65. The molecule has 6 nitrogen and oxygen atoms in total. The molecule has 0 unspecified atom stereocenters. The summed E-state index contributed by atoms with van der Waals surface area (Å²) in [6.45, 7) is -0.106. The number of hydrogen-bond donors (Lipinski definition) is 1. The van der Waals surface area contributed by atoms with Crippen LogP contribution in [-0.4, -0.2) is 22.7 Å². The highest BCUT2D eigenvalue weighted by atomic mass is 19.1. The van der Waals surface area contributed by atoms with E-state index in [1.807, 2.05) is 0 Å². The van der Waals surface area contributed by atoms with Crippen LogP contribution in [0, 0.1) is 5.82 Å². The quantitative estimate of drug-likeness (QED) is 0.695. The van der Waals surface area contributed by atoms with Gasteiger partial charge in [-0.15, -0.1) is 0 Å². The van der Waals surface area contributed by atoms with Gasteiger partial charge in [-0.3, -0.25) is 19.8 Å². The highest BCUT2D eigenvalue weighted by molar-refractivity contribution is 6.30. The van der Waals surface area contributed by atoms with Crippen molar-refractivity contribution < 1.29 is 23.2 Å². The Hall–Kier alpha value is -3.22. The Morgan fingerprint density at radius 3 is 2.70 bits per heavy atom. The molecule has 116 valence electrons. The van der Waals surface area contributed by atoms with Crippen LogP contribution in [0.1, 0.15) is 11.3 Å². The first-order valence-electron chi connectivity index (χ1n) is 6.71. The van der Waals surface area contributed by atoms with E-state index in [1.54, 1.807) is 18.2 Å². The van der Waals surface area contributed by atoms with Gasteiger partial charge in [-0.2, -0.15) is 0 Å². The van der Waals surface area contributed by atoms with Gasteiger partial charge in [-0.25, -0.2) is 9.18 Å². The van der Waals surface area contributed by atoms with E-state index in [1.165, 1.54) is 30.5 Å². The Morgan fingerprint density at radius 2 is 2.00 bits per heavy atom. The summed E-state index contributed by atoms with van der Waals surface area (Å²) in [6, 6.07) is 7.83. The zero-order chi connectivity index (χ0) is 16.4. The lowest BCUT2D eigenvalue weighted by Gasteiger charge is -2.25. The summed E-state index contributed by atoms with van der Waals surface area (Å²) in [4.78, 5) is 37.0. The number of carbonyl (C=O) groups is 3. The molecule has 3 rings (SSSR count). The highest BCUT2D eigenvalue weighted by Gasteiger charge is 2.36. The number of nitrogens with one attached hydrogen (secondary N) is 1. The third kappa shape index (κ3) is 3.03. The fourth-order valence-electron chi connectivity index (χ4n) is 2.16. The predicted octanol–water partition coefficient (Wildman–Crippen LogP) is 2.08. The molecular weight excluding hydrogens is 303 g/mol. The second-order valence-electron chi connectivity index (χ2n) is 4.84. The number of benzene rings is 1. The fourth-order valence-corrected chi connectivity index (χ4v) is 2.16. The lowest BCUT2D eigenvalue weighted by molar-refractivity contribution is -0.130. The highest BCUT2D eigenvalue weighted by Crippen LogP contribution is 2.17. The van der Waals surface area contributed by atoms with Crippen LogP contribution in [0.15, 0.2) is 52.7 Å². The van der Waals surface area contributed by atoms with Gasteiger partial charge in [-0.1, -0.05) is 12.1 Å². The molecule has 1 aromatic heterocycles. The third-order valence-electron chi connectivity index (χ3n) is 3.24. The van der Waals surface area contributed by atoms with Gasteiger partial charge in [-0.05, 0) is 35.9 Å². The monoisotopic (exact) mass is 314 g/mol. The minimum Gasteiger partial charge on any atom is -0.467 e. The number of halogens is 1. The smallest absolute Gasteiger partial charge is 0.331 e. The fraction of sp³-hybridized carbons (Fsp3) is 0.0625. The van der Waals surface area contributed by atoms with E-state index in [0.717, 1.165) is 4.90 Å². The first-order valence-corrected chi connectivity index (χ1v) is 6.71. The number of nitrogens with zero attached hydrogens (tertiary/aromatic N) is 1. The lowest BCUT2D eigenvalue weighted by Crippen LogP contribution is -2.53. The number of carbonyl (C=O) groups excluding carboxylic acids is 3. The molecule has 1 aliphatic rings. The molecule has 1 aromatic carbocycles. The molecule has 2 aromatic rings. The van der Waals surface area contributed by atoms with Crippen molar-refractivity contribution >= 4 is 23.9 Å². The first kappa shape index (κ1) is 14.7. The molecular formula is C16H11FN2O4. The topological polar surface area (TPSA) is 79.6 Å². The molecule has 1 saturated heterocycles. The van der Waals surface area contributed by atoms with Gasteiger partial charge >= 0.3 is 6.03 Å². The van der Waals surface area contributed by atoms with Gasteiger partial charge in [0.25, 0.3) is 11.8 Å². The Balaban J connectivity index is 1.92. The molecule has 4 amide bonds. The summed E-state index contributed by atoms with van der Waals surface area (Å²) in [5.41, 5.74) is 0.0950. The Kier molecular flexibility index (Phi) is 3.76. The van der Waals surface area contributed by atoms with Crippen molar-refractivity contribution in [1.82, 2.24) is 10.2 Å². The maximum atomic E-state index is 13.2. The van der Waals surface area contributed by atoms with E-state index in [2.05, 4.69) is 5.32 Å². The SMILES string of the molecule is O=C1NC(=O)N(Cc2ccco2)C(=O)C1=Cc1cccc(F)c1. The standard InChI is InChI=1S/C16H11FN2O4/c17-11-4-1-3-10(7-11)8-13-14(20)18-16(22)19(15(13)21)9-12-5-2-6-23-12/h1-8H,9H2,(H,18,20,22). The van der Waals surface area contributed by atoms with Crippen LogP contribution in [0.3, 0.4) is 0 Å². The minimum atomic E-state index is -0.826. The van der Waals surface area contributed by atoms with Crippen LogP contribution in [0.2, 0.25) is 0 Å². The number of urea groups is 1. The van der Waals surface area contributed by atoms with Crippen molar-refractivity contribution in [2.24, 2.45) is 0 Å². The number of hydrogen-bond acceptors (Lipinski definition) is 4. The lowest BCUT2D eigenvalue weighted by atomic mass is 10.1. The Morgan fingerprint density at radius 1 is 1.17 bits per heavy atom. The summed E-state index contributed by atoms with van der Waals surface area (Å²) in [5, 5.41) is 2.08. The van der Waals surface area contributed by atoms with E-state index in [9.17, 15) is 18.8 Å². The molecule has 2 heterocycles. The van der Waals surface area contributed by atoms with Crippen molar-refractivity contribution in [3.8, 4) is 0 Å². The van der Waals surface area contributed by atoms with Gasteiger partial charge in [0.2, 0.25) is 0 Å². The summed E-state index contributed by atoms with van der Waals surface area (Å²) in [7, 11) is 0. The van der Waals surface area contributed by atoms with Crippen LogP contribution in [0.25, 0.3) is 6.08 Å². The maximum Gasteiger partial charge on any atom is 0.331 e. The van der Waals surface area contributed by atoms with Crippen LogP contribution in [0.5, 0.6) is 0 Å². The number of amides is 4. The predicted molar refractivity (Wildman–Crippen MR) is 77.2 cm³/mol. The molecule has 7 heteroatoms. The Bertz CT molecular complexity index is 811. The summed E-state index contributed by atoms with van der Waals surface area (Å²) in [5.74, 6) is -1.68. The molecule has 1 aliphatic heterocycles. The Labute approximate surface area is 130 Å². The molecule has 1 N–H and O–H groups in total. The van der Waals surface area contributed by atoms with Crippen LogP contribution in [-0.2, 0) is 16.1 Å². The van der Waals surface area contributed by atoms with E-state index in [4.69, 9.17) is 4.42 Å². The zero-order valence-electron chi connectivity index (χ0n) is 11.8. The van der Waals surface area contributed by atoms with Crippen molar-refractivity contribution in [3.05, 3.63) is 65.4 Å². The minimum absolute atomic E-state index is 0.106. The second-order valence-corrected chi connectivity index (χ2v) is 4.84. The van der Waals surface area contributed by atoms with E-state index in [0.29, 0.717) is 11.3 Å². The van der Waals surface area contributed by atoms with Crippen molar-refractivity contribution in [2.75, 3.05) is 0 Å². The van der Waals surface area contributed by atoms with Gasteiger partial charge in [0, 0.05) is 0 Å². The first-order chi connectivity index (χ1) is 11.0. The number of imide groups is 2. The van der Waals surface area contributed by atoms with Gasteiger partial charge in [0.1, 0.15) is 17.2 Å². The molecule has 0 aliphatic carbocycles. The average molecular weight is 314 g/mol. The van der Waals surface area contributed by atoms with Gasteiger partial charge in [0.15, 0.2) is 0 Å². The maximum absolute atomic E-state index is 13.2. The van der Waals surface area contributed by atoms with E-state index in [-0.39, 0.29) is 12.1 Å². The number of rotatable bonds is 3. The normalized spacial score (nSPS) is 16.8. The third-order valence-corrected chi connectivity index (χ3v) is 3.24. The molecule has 23 heavy (non-hydrogen) atoms. The van der Waals surface area contributed by atoms with Crippen molar-refractivity contribution in [2.45, 2.75) is 6.54 Å². The molecule has 0 radical (unpaired) electrons. The molecule has 0 atom stereocenters. The van der Waals surface area contributed by atoms with Crippen LogP contribution in [0.4, 0.5) is 9.18 Å². The molecule has 0 spiro atoms. The zero-order valence-corrected chi connectivity index (χ0v) is 11.8. The summed E-state index contributed by atoms with van der Waals surface area (Å²) < 4.78 is 18.3. The molecule has 0 bridgehead atoms. The number of barbiturate groups is 1.